The molecule has 0 amide bonds. The molecule has 0 fully saturated rings. The summed E-state index contributed by atoms with van der Waals surface area (Å²) in [4.78, 5) is 2.52. The van der Waals surface area contributed by atoms with Crippen molar-refractivity contribution in [3.05, 3.63) is 107 Å². The molecule has 0 heterocycles. The Morgan fingerprint density at radius 3 is 1.91 bits per heavy atom. The van der Waals surface area contributed by atoms with Gasteiger partial charge in [-0.3, -0.25) is 0 Å². The number of hydrogen-bond acceptors (Lipinski definition) is 1. The first-order chi connectivity index (χ1) is 16.1. The van der Waals surface area contributed by atoms with Crippen LogP contribution >= 0.6 is 0 Å². The highest BCUT2D eigenvalue weighted by molar-refractivity contribution is 5.87. The predicted octanol–water partition coefficient (Wildman–Crippen LogP) is 9.21. The minimum absolute atomic E-state index is 0.0544. The highest BCUT2D eigenvalue weighted by atomic mass is 15.2. The molecule has 4 aromatic carbocycles. The summed E-state index contributed by atoms with van der Waals surface area (Å²) >= 11 is 0. The van der Waals surface area contributed by atoms with Gasteiger partial charge in [0.25, 0.3) is 0 Å². The van der Waals surface area contributed by atoms with Gasteiger partial charge in [-0.1, -0.05) is 74.5 Å². The predicted molar refractivity (Wildman–Crippen MR) is 147 cm³/mol. The maximum absolute atomic E-state index is 2.52. The average Bonchev–Trinajstić information content (AvgIpc) is 3.01. The normalized spacial score (nSPS) is 14.0. The van der Waals surface area contributed by atoms with Gasteiger partial charge in [0.1, 0.15) is 0 Å². The molecular formula is C33H35N. The molecule has 1 heteroatoms. The van der Waals surface area contributed by atoms with E-state index in [1.54, 1.807) is 0 Å². The topological polar surface area (TPSA) is 3.24 Å². The van der Waals surface area contributed by atoms with Gasteiger partial charge in [0.15, 0.2) is 0 Å². The van der Waals surface area contributed by atoms with Crippen LogP contribution in [0.15, 0.2) is 84.9 Å². The maximum Gasteiger partial charge on any atom is 0.0449 e. The molecule has 0 saturated heterocycles. The van der Waals surface area contributed by atoms with Gasteiger partial charge in [-0.25, -0.2) is 0 Å². The Hall–Kier alpha value is -3.32. The van der Waals surface area contributed by atoms with Crippen molar-refractivity contribution in [2.45, 2.75) is 59.4 Å². The number of anilines is 2. The molecular weight excluding hydrogens is 410 g/mol. The highest BCUT2D eigenvalue weighted by Gasteiger charge is 2.37. The summed E-state index contributed by atoms with van der Waals surface area (Å²) < 4.78 is 0. The van der Waals surface area contributed by atoms with Crippen LogP contribution in [0, 0.1) is 13.8 Å². The van der Waals surface area contributed by atoms with Gasteiger partial charge in [0.05, 0.1) is 0 Å². The standard InChI is InChI=1S/C33H35N/c1-22-13-11-12-16-30(22)34(32(3,4)5)31-21-29-27(19-23(31)2)26-18-17-25(20-28(26)33(29,6)7)24-14-9-8-10-15-24/h8-21H,1-7H3. The van der Waals surface area contributed by atoms with Crippen molar-refractivity contribution in [1.29, 1.82) is 0 Å². The molecule has 0 aliphatic heterocycles. The van der Waals surface area contributed by atoms with E-state index in [1.165, 1.54) is 55.9 Å². The third-order valence-corrected chi connectivity index (χ3v) is 7.37. The molecule has 34 heavy (non-hydrogen) atoms. The second-order valence-electron chi connectivity index (χ2n) is 11.2. The Kier molecular flexibility index (Phi) is 5.20. The smallest absolute Gasteiger partial charge is 0.0449 e. The van der Waals surface area contributed by atoms with Crippen molar-refractivity contribution < 1.29 is 0 Å². The van der Waals surface area contributed by atoms with E-state index in [-0.39, 0.29) is 11.0 Å². The molecule has 0 atom stereocenters. The molecule has 0 saturated carbocycles. The Balaban J connectivity index is 1.68. The SMILES string of the molecule is Cc1ccccc1N(c1cc2c(cc1C)-c1ccc(-c3ccccc3)cc1C2(C)C)C(C)(C)C. The summed E-state index contributed by atoms with van der Waals surface area (Å²) in [5, 5.41) is 0. The lowest BCUT2D eigenvalue weighted by Gasteiger charge is -2.40. The summed E-state index contributed by atoms with van der Waals surface area (Å²) in [6.45, 7) is 16.1. The second-order valence-corrected chi connectivity index (χ2v) is 11.2. The molecule has 1 nitrogen and oxygen atoms in total. The van der Waals surface area contributed by atoms with Crippen molar-refractivity contribution in [3.63, 3.8) is 0 Å². The van der Waals surface area contributed by atoms with Gasteiger partial charge in [0.2, 0.25) is 0 Å². The molecule has 1 aliphatic carbocycles. The highest BCUT2D eigenvalue weighted by Crippen LogP contribution is 2.52. The first-order valence-electron chi connectivity index (χ1n) is 12.3. The van der Waals surface area contributed by atoms with Crippen LogP contribution in [0.5, 0.6) is 0 Å². The molecule has 1 aliphatic rings. The van der Waals surface area contributed by atoms with Crippen LogP contribution in [-0.2, 0) is 5.41 Å². The molecule has 0 aromatic heterocycles. The van der Waals surface area contributed by atoms with Crippen LogP contribution in [0.25, 0.3) is 22.3 Å². The van der Waals surface area contributed by atoms with Crippen molar-refractivity contribution in [1.82, 2.24) is 0 Å². The fourth-order valence-corrected chi connectivity index (χ4v) is 5.60. The lowest BCUT2D eigenvalue weighted by Crippen LogP contribution is -2.38. The van der Waals surface area contributed by atoms with Gasteiger partial charge in [-0.2, -0.15) is 0 Å². The van der Waals surface area contributed by atoms with Gasteiger partial charge in [-0.05, 0) is 103 Å². The lowest BCUT2D eigenvalue weighted by molar-refractivity contribution is 0.557. The molecule has 5 rings (SSSR count). The summed E-state index contributed by atoms with van der Waals surface area (Å²) in [5.74, 6) is 0. The van der Waals surface area contributed by atoms with Gasteiger partial charge in [-0.15, -0.1) is 0 Å². The zero-order valence-electron chi connectivity index (χ0n) is 21.5. The van der Waals surface area contributed by atoms with Crippen LogP contribution in [0.4, 0.5) is 11.4 Å². The van der Waals surface area contributed by atoms with E-state index in [4.69, 9.17) is 0 Å². The third kappa shape index (κ3) is 3.55. The molecule has 172 valence electrons. The number of aryl methyl sites for hydroxylation is 2. The summed E-state index contributed by atoms with van der Waals surface area (Å²) in [7, 11) is 0. The summed E-state index contributed by atoms with van der Waals surface area (Å²) in [6, 6.07) is 31.3. The van der Waals surface area contributed by atoms with E-state index in [9.17, 15) is 0 Å². The Morgan fingerprint density at radius 1 is 0.588 bits per heavy atom. The van der Waals surface area contributed by atoms with Crippen molar-refractivity contribution in [2.75, 3.05) is 4.90 Å². The fourth-order valence-electron chi connectivity index (χ4n) is 5.60. The fraction of sp³-hybridized carbons (Fsp3) is 0.273. The van der Waals surface area contributed by atoms with Crippen LogP contribution in [0.2, 0.25) is 0 Å². The van der Waals surface area contributed by atoms with Crippen LogP contribution in [-0.4, -0.2) is 5.54 Å². The van der Waals surface area contributed by atoms with Crippen molar-refractivity contribution in [3.8, 4) is 22.3 Å². The quantitative estimate of drug-likeness (QED) is 0.304. The number of para-hydroxylation sites is 1. The minimum atomic E-state index is -0.0623. The van der Waals surface area contributed by atoms with E-state index in [2.05, 4.69) is 138 Å². The molecule has 0 unspecified atom stereocenters. The largest absolute Gasteiger partial charge is 0.336 e. The van der Waals surface area contributed by atoms with Crippen molar-refractivity contribution >= 4 is 11.4 Å². The van der Waals surface area contributed by atoms with Crippen LogP contribution in [0.1, 0.15) is 56.9 Å². The van der Waals surface area contributed by atoms with E-state index in [0.717, 1.165) is 0 Å². The first kappa shape index (κ1) is 22.5. The zero-order valence-corrected chi connectivity index (χ0v) is 21.5. The Labute approximate surface area is 205 Å². The molecule has 0 radical (unpaired) electrons. The van der Waals surface area contributed by atoms with E-state index in [1.807, 2.05) is 0 Å². The number of rotatable bonds is 3. The summed E-state index contributed by atoms with van der Waals surface area (Å²) in [6.07, 6.45) is 0. The second kappa shape index (κ2) is 7.87. The van der Waals surface area contributed by atoms with Gasteiger partial charge < -0.3 is 4.90 Å². The number of hydrogen-bond donors (Lipinski definition) is 0. The number of benzene rings is 4. The number of fused-ring (bicyclic) bond motifs is 3. The van der Waals surface area contributed by atoms with Gasteiger partial charge in [0, 0.05) is 22.3 Å². The molecule has 4 aromatic rings. The zero-order chi connectivity index (χ0) is 24.3. The van der Waals surface area contributed by atoms with Crippen molar-refractivity contribution in [2.24, 2.45) is 0 Å². The number of nitrogens with zero attached hydrogens (tertiary/aromatic N) is 1. The monoisotopic (exact) mass is 445 g/mol. The third-order valence-electron chi connectivity index (χ3n) is 7.37. The molecule has 0 bridgehead atoms. The molecule has 0 spiro atoms. The average molecular weight is 446 g/mol. The van der Waals surface area contributed by atoms with Crippen LogP contribution in [0.3, 0.4) is 0 Å². The van der Waals surface area contributed by atoms with E-state index in [0.29, 0.717) is 0 Å². The van der Waals surface area contributed by atoms with Crippen LogP contribution < -0.4 is 4.90 Å². The maximum atomic E-state index is 2.52. The molecule has 0 N–H and O–H groups in total. The van der Waals surface area contributed by atoms with E-state index >= 15 is 0 Å². The Morgan fingerprint density at radius 2 is 1.24 bits per heavy atom. The Bertz CT molecular complexity index is 1370. The first-order valence-corrected chi connectivity index (χ1v) is 12.3. The van der Waals surface area contributed by atoms with E-state index < -0.39 is 0 Å². The minimum Gasteiger partial charge on any atom is -0.336 e. The van der Waals surface area contributed by atoms with Gasteiger partial charge >= 0.3 is 0 Å². The summed E-state index contributed by atoms with van der Waals surface area (Å²) in [5.41, 5.74) is 13.2. The lowest BCUT2D eigenvalue weighted by atomic mass is 9.81.